The molecule has 23 heavy (non-hydrogen) atoms. The number of methoxy groups -OCH3 is 2. The lowest BCUT2D eigenvalue weighted by Gasteiger charge is -2.21. The number of hydrogen-bond donors (Lipinski definition) is 1. The molecule has 2 aliphatic rings. The first-order valence-corrected chi connectivity index (χ1v) is 8.89. The van der Waals surface area contributed by atoms with Gasteiger partial charge in [-0.3, -0.25) is 0 Å². The van der Waals surface area contributed by atoms with Crippen LogP contribution in [0.3, 0.4) is 0 Å². The van der Waals surface area contributed by atoms with Crippen molar-refractivity contribution in [1.29, 1.82) is 0 Å². The predicted octanol–water partition coefficient (Wildman–Crippen LogP) is 1.48. The predicted molar refractivity (Wildman–Crippen MR) is 89.7 cm³/mol. The van der Waals surface area contributed by atoms with Gasteiger partial charge in [0.15, 0.2) is 4.90 Å². The average Bonchev–Trinajstić information content (AvgIpc) is 3.09. The minimum atomic E-state index is -3.66. The van der Waals surface area contributed by atoms with Crippen molar-refractivity contribution in [3.8, 4) is 11.5 Å². The van der Waals surface area contributed by atoms with Crippen LogP contribution in [0, 0.1) is 11.8 Å². The summed E-state index contributed by atoms with van der Waals surface area (Å²) in [5.41, 5.74) is 6.11. The van der Waals surface area contributed by atoms with E-state index in [2.05, 4.69) is 0 Å². The maximum Gasteiger partial charge on any atom is 0.250 e. The molecule has 1 aliphatic heterocycles. The molecule has 2 fully saturated rings. The summed E-state index contributed by atoms with van der Waals surface area (Å²) < 4.78 is 38.1. The number of nitrogens with zero attached hydrogens (tertiary/aromatic N) is 1. The van der Waals surface area contributed by atoms with Gasteiger partial charge in [0.1, 0.15) is 11.5 Å². The van der Waals surface area contributed by atoms with E-state index in [1.54, 1.807) is 18.2 Å². The summed E-state index contributed by atoms with van der Waals surface area (Å²) in [6.45, 7) is 1.01. The standard InChI is InChI=1S/C15H22N2O4S.ClH/c1-20-13-4-3-5-14(21-2)15(13)22(18,19)17-8-10-6-7-12(16)11(10)9-17;/h3-5,10-12H,6-9,16H2,1-2H3;1H. The summed E-state index contributed by atoms with van der Waals surface area (Å²) in [7, 11) is -0.740. The van der Waals surface area contributed by atoms with E-state index in [-0.39, 0.29) is 29.3 Å². The van der Waals surface area contributed by atoms with Crippen LogP contribution in [0.4, 0.5) is 0 Å². The molecule has 8 heteroatoms. The molecule has 6 nitrogen and oxygen atoms in total. The van der Waals surface area contributed by atoms with Crippen LogP contribution in [0.1, 0.15) is 12.8 Å². The van der Waals surface area contributed by atoms with Gasteiger partial charge in [-0.05, 0) is 36.8 Å². The molecule has 1 aromatic rings. The Morgan fingerprint density at radius 1 is 1.13 bits per heavy atom. The lowest BCUT2D eigenvalue weighted by atomic mass is 9.98. The third kappa shape index (κ3) is 3.03. The largest absolute Gasteiger partial charge is 0.495 e. The van der Waals surface area contributed by atoms with Crippen LogP contribution in [-0.4, -0.2) is 46.1 Å². The van der Waals surface area contributed by atoms with E-state index in [0.717, 1.165) is 12.8 Å². The van der Waals surface area contributed by atoms with Crippen LogP contribution >= 0.6 is 12.4 Å². The van der Waals surface area contributed by atoms with Crippen LogP contribution in [0.25, 0.3) is 0 Å². The number of benzene rings is 1. The number of rotatable bonds is 4. The quantitative estimate of drug-likeness (QED) is 0.877. The third-order valence-electron chi connectivity index (χ3n) is 4.86. The molecule has 3 rings (SSSR count). The van der Waals surface area contributed by atoms with Crippen molar-refractivity contribution in [3.63, 3.8) is 0 Å². The topological polar surface area (TPSA) is 81.9 Å². The van der Waals surface area contributed by atoms with Gasteiger partial charge in [-0.1, -0.05) is 6.07 Å². The van der Waals surface area contributed by atoms with Crippen molar-refractivity contribution < 1.29 is 17.9 Å². The zero-order chi connectivity index (χ0) is 15.9. The maximum absolute atomic E-state index is 13.1. The van der Waals surface area contributed by atoms with Crippen LogP contribution in [0.15, 0.2) is 23.1 Å². The molecule has 3 unspecified atom stereocenters. The fourth-order valence-electron chi connectivity index (χ4n) is 3.66. The van der Waals surface area contributed by atoms with E-state index in [4.69, 9.17) is 15.2 Å². The Morgan fingerprint density at radius 3 is 2.26 bits per heavy atom. The Bertz CT molecular complexity index is 645. The van der Waals surface area contributed by atoms with Crippen LogP contribution in [0.5, 0.6) is 11.5 Å². The van der Waals surface area contributed by atoms with Gasteiger partial charge in [0.2, 0.25) is 10.0 Å². The number of ether oxygens (including phenoxy) is 2. The van der Waals surface area contributed by atoms with Gasteiger partial charge in [-0.15, -0.1) is 12.4 Å². The van der Waals surface area contributed by atoms with Crippen molar-refractivity contribution in [2.24, 2.45) is 17.6 Å². The molecule has 1 aliphatic carbocycles. The Kier molecular flexibility index (Phi) is 5.45. The second-order valence-electron chi connectivity index (χ2n) is 5.98. The molecule has 0 radical (unpaired) electrons. The zero-order valence-electron chi connectivity index (χ0n) is 13.3. The number of sulfonamides is 1. The summed E-state index contributed by atoms with van der Waals surface area (Å²) in [6, 6.07) is 5.09. The third-order valence-corrected chi connectivity index (χ3v) is 6.76. The fourth-order valence-corrected chi connectivity index (χ4v) is 5.49. The lowest BCUT2D eigenvalue weighted by molar-refractivity contribution is 0.366. The number of halogens is 1. The molecule has 1 heterocycles. The molecular weight excluding hydrogens is 340 g/mol. The maximum atomic E-state index is 13.1. The normalized spacial score (nSPS) is 27.3. The van der Waals surface area contributed by atoms with E-state index >= 15 is 0 Å². The number of nitrogens with two attached hydrogens (primary N) is 1. The Hall–Kier alpha value is -1.02. The zero-order valence-corrected chi connectivity index (χ0v) is 14.9. The highest BCUT2D eigenvalue weighted by Gasteiger charge is 2.46. The molecular formula is C15H23ClN2O4S. The van der Waals surface area contributed by atoms with Gasteiger partial charge in [0.25, 0.3) is 0 Å². The lowest BCUT2D eigenvalue weighted by Crippen LogP contribution is -2.33. The number of hydrogen-bond acceptors (Lipinski definition) is 5. The van der Waals surface area contributed by atoms with Gasteiger partial charge in [-0.2, -0.15) is 4.31 Å². The summed E-state index contributed by atoms with van der Waals surface area (Å²) in [5.74, 6) is 1.24. The van der Waals surface area contributed by atoms with Crippen molar-refractivity contribution in [2.45, 2.75) is 23.8 Å². The van der Waals surface area contributed by atoms with Gasteiger partial charge in [0, 0.05) is 19.1 Å². The van der Waals surface area contributed by atoms with Crippen molar-refractivity contribution in [3.05, 3.63) is 18.2 Å². The van der Waals surface area contributed by atoms with Gasteiger partial charge < -0.3 is 15.2 Å². The Labute approximate surface area is 143 Å². The van der Waals surface area contributed by atoms with Gasteiger partial charge in [0.05, 0.1) is 14.2 Å². The summed E-state index contributed by atoms with van der Waals surface area (Å²) >= 11 is 0. The molecule has 2 N–H and O–H groups in total. The molecule has 1 saturated carbocycles. The smallest absolute Gasteiger partial charge is 0.250 e. The van der Waals surface area contributed by atoms with Crippen LogP contribution < -0.4 is 15.2 Å². The van der Waals surface area contributed by atoms with E-state index in [9.17, 15) is 8.42 Å². The Balaban J connectivity index is 0.00000192. The summed E-state index contributed by atoms with van der Waals surface area (Å²) in [5, 5.41) is 0. The second kappa shape index (κ2) is 6.84. The first-order chi connectivity index (χ1) is 10.5. The van der Waals surface area contributed by atoms with Gasteiger partial charge in [-0.25, -0.2) is 8.42 Å². The fraction of sp³-hybridized carbons (Fsp3) is 0.600. The first-order valence-electron chi connectivity index (χ1n) is 7.45. The monoisotopic (exact) mass is 362 g/mol. The van der Waals surface area contributed by atoms with Crippen molar-refractivity contribution >= 4 is 22.4 Å². The molecule has 0 aromatic heterocycles. The van der Waals surface area contributed by atoms with E-state index < -0.39 is 10.0 Å². The minimum absolute atomic E-state index is 0. The van der Waals surface area contributed by atoms with E-state index in [1.165, 1.54) is 18.5 Å². The molecule has 3 atom stereocenters. The number of fused-ring (bicyclic) bond motifs is 1. The summed E-state index contributed by atoms with van der Waals surface area (Å²) in [4.78, 5) is 0.105. The van der Waals surface area contributed by atoms with E-state index in [1.807, 2.05) is 0 Å². The minimum Gasteiger partial charge on any atom is -0.495 e. The highest BCUT2D eigenvalue weighted by molar-refractivity contribution is 7.89. The van der Waals surface area contributed by atoms with Crippen molar-refractivity contribution in [2.75, 3.05) is 27.3 Å². The highest BCUT2D eigenvalue weighted by Crippen LogP contribution is 2.42. The first kappa shape index (κ1) is 18.3. The van der Waals surface area contributed by atoms with Gasteiger partial charge >= 0.3 is 0 Å². The van der Waals surface area contributed by atoms with E-state index in [0.29, 0.717) is 30.5 Å². The molecule has 0 spiro atoms. The molecule has 0 bridgehead atoms. The van der Waals surface area contributed by atoms with Crippen LogP contribution in [0.2, 0.25) is 0 Å². The Morgan fingerprint density at radius 2 is 1.74 bits per heavy atom. The SMILES string of the molecule is COc1cccc(OC)c1S(=O)(=O)N1CC2CCC(N)C2C1.Cl. The molecule has 130 valence electrons. The molecule has 1 saturated heterocycles. The molecule has 1 aromatic carbocycles. The summed E-state index contributed by atoms with van der Waals surface area (Å²) in [6.07, 6.45) is 1.99. The van der Waals surface area contributed by atoms with Crippen LogP contribution in [-0.2, 0) is 10.0 Å². The second-order valence-corrected chi connectivity index (χ2v) is 7.85. The molecule has 0 amide bonds. The average molecular weight is 363 g/mol. The highest BCUT2D eigenvalue weighted by atomic mass is 35.5. The van der Waals surface area contributed by atoms with Crippen molar-refractivity contribution in [1.82, 2.24) is 4.31 Å².